The van der Waals surface area contributed by atoms with Gasteiger partial charge in [-0.1, -0.05) is 48.0 Å². The van der Waals surface area contributed by atoms with E-state index in [1.807, 2.05) is 78.2 Å². The molecule has 150 valence electrons. The lowest BCUT2D eigenvalue weighted by Gasteiger charge is -2.11. The predicted molar refractivity (Wildman–Crippen MR) is 117 cm³/mol. The quantitative estimate of drug-likeness (QED) is 0.517. The van der Waals surface area contributed by atoms with Crippen molar-refractivity contribution in [1.29, 1.82) is 0 Å². The number of nitrogens with zero attached hydrogens (tertiary/aromatic N) is 2. The molecule has 3 aromatic carbocycles. The number of fused-ring (bicyclic) bond motifs is 1. The number of anilines is 1. The Kier molecular flexibility index (Phi) is 5.57. The minimum absolute atomic E-state index is 0.102. The second-order valence-corrected chi connectivity index (χ2v) is 7.07. The first kappa shape index (κ1) is 19.4. The fraction of sp³-hybridized carbons (Fsp3) is 0.125. The van der Waals surface area contributed by atoms with E-state index in [9.17, 15) is 9.59 Å². The van der Waals surface area contributed by atoms with E-state index in [4.69, 9.17) is 0 Å². The smallest absolute Gasteiger partial charge is 0.251 e. The molecular formula is C24H22N4O2. The van der Waals surface area contributed by atoms with Crippen LogP contribution in [-0.2, 0) is 17.9 Å². The Morgan fingerprint density at radius 1 is 0.900 bits per heavy atom. The standard InChI is InChI=1S/C24H22N4O2/c1-17-11-13-18(14-12-17)24(30)25-15-22-27-20-9-5-6-10-21(20)28(22)16-23(29)26-19-7-3-2-4-8-19/h2-14H,15-16H2,1H3,(H,25,30)(H,26,29). The van der Waals surface area contributed by atoms with Crippen LogP contribution < -0.4 is 10.6 Å². The maximum Gasteiger partial charge on any atom is 0.251 e. The van der Waals surface area contributed by atoms with Crippen LogP contribution in [0.25, 0.3) is 11.0 Å². The van der Waals surface area contributed by atoms with Crippen molar-refractivity contribution in [2.24, 2.45) is 0 Å². The molecule has 0 saturated carbocycles. The molecule has 30 heavy (non-hydrogen) atoms. The van der Waals surface area contributed by atoms with Crippen molar-refractivity contribution in [1.82, 2.24) is 14.9 Å². The third-order valence-corrected chi connectivity index (χ3v) is 4.81. The van der Waals surface area contributed by atoms with E-state index in [2.05, 4.69) is 15.6 Å². The highest BCUT2D eigenvalue weighted by Gasteiger charge is 2.15. The molecule has 4 rings (SSSR count). The number of para-hydroxylation sites is 3. The Morgan fingerprint density at radius 2 is 1.60 bits per heavy atom. The summed E-state index contributed by atoms with van der Waals surface area (Å²) in [5.74, 6) is 0.290. The number of carbonyl (C=O) groups excluding carboxylic acids is 2. The zero-order valence-electron chi connectivity index (χ0n) is 16.6. The fourth-order valence-electron chi connectivity index (χ4n) is 3.27. The van der Waals surface area contributed by atoms with E-state index in [0.29, 0.717) is 11.4 Å². The predicted octanol–water partition coefficient (Wildman–Crippen LogP) is 3.91. The van der Waals surface area contributed by atoms with E-state index >= 15 is 0 Å². The van der Waals surface area contributed by atoms with Gasteiger partial charge in [-0.2, -0.15) is 0 Å². The van der Waals surface area contributed by atoms with Gasteiger partial charge in [-0.15, -0.1) is 0 Å². The van der Waals surface area contributed by atoms with Crippen LogP contribution in [0.1, 0.15) is 21.7 Å². The Labute approximate surface area is 174 Å². The molecule has 0 aliphatic carbocycles. The Morgan fingerprint density at radius 3 is 2.37 bits per heavy atom. The van der Waals surface area contributed by atoms with Crippen molar-refractivity contribution < 1.29 is 9.59 Å². The third-order valence-electron chi connectivity index (χ3n) is 4.81. The summed E-state index contributed by atoms with van der Waals surface area (Å²) < 4.78 is 1.84. The molecule has 0 atom stereocenters. The van der Waals surface area contributed by atoms with Gasteiger partial charge in [0.2, 0.25) is 5.91 Å². The first-order valence-corrected chi connectivity index (χ1v) is 9.74. The highest BCUT2D eigenvalue weighted by Crippen LogP contribution is 2.17. The molecule has 6 heteroatoms. The Hall–Kier alpha value is -3.93. The van der Waals surface area contributed by atoms with Gasteiger partial charge in [0, 0.05) is 11.3 Å². The van der Waals surface area contributed by atoms with Crippen LogP contribution in [-0.4, -0.2) is 21.4 Å². The summed E-state index contributed by atoms with van der Waals surface area (Å²) in [6, 6.07) is 24.3. The summed E-state index contributed by atoms with van der Waals surface area (Å²) in [5.41, 5.74) is 4.05. The number of nitrogens with one attached hydrogen (secondary N) is 2. The van der Waals surface area contributed by atoms with E-state index in [-0.39, 0.29) is 24.9 Å². The van der Waals surface area contributed by atoms with Gasteiger partial charge in [-0.25, -0.2) is 4.98 Å². The van der Waals surface area contributed by atoms with Gasteiger partial charge in [0.1, 0.15) is 12.4 Å². The summed E-state index contributed by atoms with van der Waals surface area (Å²) in [6.07, 6.45) is 0. The van der Waals surface area contributed by atoms with Crippen LogP contribution in [0.5, 0.6) is 0 Å². The number of hydrogen-bond donors (Lipinski definition) is 2. The zero-order valence-corrected chi connectivity index (χ0v) is 16.6. The maximum absolute atomic E-state index is 12.6. The highest BCUT2D eigenvalue weighted by atomic mass is 16.2. The van der Waals surface area contributed by atoms with E-state index in [1.54, 1.807) is 12.1 Å². The number of aromatic nitrogens is 2. The summed E-state index contributed by atoms with van der Waals surface area (Å²) in [5, 5.41) is 5.80. The third kappa shape index (κ3) is 4.38. The van der Waals surface area contributed by atoms with Crippen LogP contribution in [0.15, 0.2) is 78.9 Å². The summed E-state index contributed by atoms with van der Waals surface area (Å²) in [6.45, 7) is 2.30. The first-order valence-electron chi connectivity index (χ1n) is 9.74. The highest BCUT2D eigenvalue weighted by molar-refractivity contribution is 5.94. The normalized spacial score (nSPS) is 10.7. The van der Waals surface area contributed by atoms with Crippen molar-refractivity contribution in [3.05, 3.63) is 95.8 Å². The molecule has 0 saturated heterocycles. The minimum Gasteiger partial charge on any atom is -0.345 e. The average molecular weight is 398 g/mol. The average Bonchev–Trinajstić information content (AvgIpc) is 3.10. The Balaban J connectivity index is 1.53. The lowest BCUT2D eigenvalue weighted by Crippen LogP contribution is -2.26. The topological polar surface area (TPSA) is 76.0 Å². The molecule has 0 aliphatic rings. The fourth-order valence-corrected chi connectivity index (χ4v) is 3.27. The van der Waals surface area contributed by atoms with E-state index in [0.717, 1.165) is 22.3 Å². The number of imidazole rings is 1. The van der Waals surface area contributed by atoms with Crippen molar-refractivity contribution in [3.63, 3.8) is 0 Å². The first-order chi connectivity index (χ1) is 14.6. The molecule has 0 aliphatic heterocycles. The summed E-state index contributed by atoms with van der Waals surface area (Å²) >= 11 is 0. The van der Waals surface area contributed by atoms with Gasteiger partial charge in [-0.3, -0.25) is 9.59 Å². The SMILES string of the molecule is Cc1ccc(C(=O)NCc2nc3ccccc3n2CC(=O)Nc2ccccc2)cc1. The van der Waals surface area contributed by atoms with Crippen molar-refractivity contribution >= 4 is 28.5 Å². The molecular weight excluding hydrogens is 376 g/mol. The molecule has 2 amide bonds. The molecule has 0 spiro atoms. The van der Waals surface area contributed by atoms with Gasteiger partial charge in [-0.05, 0) is 43.3 Å². The number of benzene rings is 3. The van der Waals surface area contributed by atoms with E-state index < -0.39 is 0 Å². The Bertz CT molecular complexity index is 1180. The van der Waals surface area contributed by atoms with Gasteiger partial charge >= 0.3 is 0 Å². The molecule has 4 aromatic rings. The van der Waals surface area contributed by atoms with Gasteiger partial charge in [0.25, 0.3) is 5.91 Å². The number of amides is 2. The number of carbonyl (C=O) groups is 2. The van der Waals surface area contributed by atoms with Crippen LogP contribution in [0, 0.1) is 6.92 Å². The monoisotopic (exact) mass is 398 g/mol. The maximum atomic E-state index is 12.6. The molecule has 6 nitrogen and oxygen atoms in total. The number of aryl methyl sites for hydroxylation is 1. The van der Waals surface area contributed by atoms with Crippen LogP contribution in [0.2, 0.25) is 0 Å². The second kappa shape index (κ2) is 8.61. The van der Waals surface area contributed by atoms with Crippen LogP contribution in [0.3, 0.4) is 0 Å². The van der Waals surface area contributed by atoms with Crippen molar-refractivity contribution in [3.8, 4) is 0 Å². The van der Waals surface area contributed by atoms with Crippen molar-refractivity contribution in [2.45, 2.75) is 20.0 Å². The molecule has 0 unspecified atom stereocenters. The molecule has 0 bridgehead atoms. The molecule has 0 fully saturated rings. The zero-order chi connectivity index (χ0) is 20.9. The molecule has 1 aromatic heterocycles. The number of hydrogen-bond acceptors (Lipinski definition) is 3. The molecule has 1 heterocycles. The van der Waals surface area contributed by atoms with Crippen LogP contribution in [0.4, 0.5) is 5.69 Å². The largest absolute Gasteiger partial charge is 0.345 e. The van der Waals surface area contributed by atoms with Gasteiger partial charge < -0.3 is 15.2 Å². The minimum atomic E-state index is -0.178. The lowest BCUT2D eigenvalue weighted by atomic mass is 10.1. The summed E-state index contributed by atoms with van der Waals surface area (Å²) in [7, 11) is 0. The summed E-state index contributed by atoms with van der Waals surface area (Å²) in [4.78, 5) is 29.7. The molecule has 2 N–H and O–H groups in total. The lowest BCUT2D eigenvalue weighted by molar-refractivity contribution is -0.116. The molecule has 0 radical (unpaired) electrons. The van der Waals surface area contributed by atoms with Crippen LogP contribution >= 0.6 is 0 Å². The number of rotatable bonds is 6. The van der Waals surface area contributed by atoms with Gasteiger partial charge in [0.05, 0.1) is 17.6 Å². The second-order valence-electron chi connectivity index (χ2n) is 7.07. The van der Waals surface area contributed by atoms with E-state index in [1.165, 1.54) is 0 Å². The van der Waals surface area contributed by atoms with Crippen molar-refractivity contribution in [2.75, 3.05) is 5.32 Å². The van der Waals surface area contributed by atoms with Gasteiger partial charge in [0.15, 0.2) is 0 Å².